The van der Waals surface area contributed by atoms with Crippen molar-refractivity contribution < 1.29 is 0 Å². The van der Waals surface area contributed by atoms with Crippen molar-refractivity contribution in [1.29, 1.82) is 0 Å². The van der Waals surface area contributed by atoms with Crippen LogP contribution in [-0.2, 0) is 10.8 Å². The van der Waals surface area contributed by atoms with Gasteiger partial charge in [0, 0.05) is 17.1 Å². The summed E-state index contributed by atoms with van der Waals surface area (Å²) in [5.74, 6) is 0.630. The van der Waals surface area contributed by atoms with E-state index in [-0.39, 0.29) is 17.5 Å². The zero-order chi connectivity index (χ0) is 31.5. The van der Waals surface area contributed by atoms with E-state index in [1.807, 2.05) is 0 Å². The second-order valence-electron chi connectivity index (χ2n) is 16.4. The van der Waals surface area contributed by atoms with E-state index >= 15 is 0 Å². The van der Waals surface area contributed by atoms with Gasteiger partial charge in [0.15, 0.2) is 0 Å². The largest absolute Gasteiger partial charge is 0.311 e. The number of anilines is 3. The van der Waals surface area contributed by atoms with Gasteiger partial charge in [-0.05, 0) is 115 Å². The van der Waals surface area contributed by atoms with Gasteiger partial charge in [0.2, 0.25) is 6.71 Å². The summed E-state index contributed by atoms with van der Waals surface area (Å²) in [6.07, 6.45) is 6.66. The Bertz CT molecular complexity index is 2090. The zero-order valence-electron chi connectivity index (χ0n) is 28.3. The Morgan fingerprint density at radius 3 is 2.00 bits per heavy atom. The summed E-state index contributed by atoms with van der Waals surface area (Å²) >= 11 is 0. The Morgan fingerprint density at radius 1 is 0.630 bits per heavy atom. The van der Waals surface area contributed by atoms with Gasteiger partial charge in [-0.2, -0.15) is 0 Å². The molecule has 2 aliphatic carbocycles. The molecule has 4 aliphatic rings. The summed E-state index contributed by atoms with van der Waals surface area (Å²) in [7, 11) is 0. The van der Waals surface area contributed by atoms with E-state index < -0.39 is 0 Å². The number of fused-ring (bicyclic) bond motifs is 6. The fourth-order valence-corrected chi connectivity index (χ4v) is 9.09. The summed E-state index contributed by atoms with van der Waals surface area (Å²) in [5, 5.41) is 2.80. The highest BCUT2D eigenvalue weighted by atomic mass is 15.2. The normalized spacial score (nSPS) is 17.1. The van der Waals surface area contributed by atoms with Crippen LogP contribution in [0.1, 0.15) is 113 Å². The molecule has 0 unspecified atom stereocenters. The SMILES string of the molecule is CC(C)(C)c1ccc(N2c3cc(C(C)(C)C)ccc3B3C4=C(c5cc(C6CCCCC6)cc2c53)c2cccc3cccc4c23)cc1. The fraction of sp³-hybridized carbons (Fsp3) is 0.318. The number of nitrogens with zero attached hydrogens (tertiary/aromatic N) is 1. The van der Waals surface area contributed by atoms with Gasteiger partial charge in [0.25, 0.3) is 0 Å². The molecular weight excluding hydrogens is 553 g/mol. The molecule has 0 N–H and O–H groups in total. The van der Waals surface area contributed by atoms with Crippen molar-refractivity contribution in [3.05, 3.63) is 124 Å². The van der Waals surface area contributed by atoms with Crippen molar-refractivity contribution >= 4 is 56.5 Å². The van der Waals surface area contributed by atoms with Crippen LogP contribution in [0, 0.1) is 0 Å². The summed E-state index contributed by atoms with van der Waals surface area (Å²) in [5.41, 5.74) is 18.8. The molecule has 2 aliphatic heterocycles. The second kappa shape index (κ2) is 9.74. The van der Waals surface area contributed by atoms with E-state index in [1.165, 1.54) is 115 Å². The van der Waals surface area contributed by atoms with Gasteiger partial charge in [0.1, 0.15) is 0 Å². The van der Waals surface area contributed by atoms with Gasteiger partial charge in [-0.3, -0.25) is 0 Å². The molecule has 5 aromatic carbocycles. The van der Waals surface area contributed by atoms with E-state index in [2.05, 4.69) is 137 Å². The fourth-order valence-electron chi connectivity index (χ4n) is 9.09. The van der Waals surface area contributed by atoms with Gasteiger partial charge in [-0.15, -0.1) is 0 Å². The van der Waals surface area contributed by atoms with E-state index in [1.54, 1.807) is 0 Å². The molecule has 1 nitrogen and oxygen atoms in total. The highest BCUT2D eigenvalue weighted by molar-refractivity contribution is 7.05. The van der Waals surface area contributed by atoms with Gasteiger partial charge in [-0.1, -0.05) is 133 Å². The van der Waals surface area contributed by atoms with E-state index in [4.69, 9.17) is 0 Å². The monoisotopic (exact) mass is 597 g/mol. The third-order valence-electron chi connectivity index (χ3n) is 11.5. The Balaban J connectivity index is 1.36. The van der Waals surface area contributed by atoms with Crippen LogP contribution in [0.5, 0.6) is 0 Å². The van der Waals surface area contributed by atoms with Crippen LogP contribution in [-0.4, -0.2) is 6.71 Å². The molecule has 228 valence electrons. The lowest BCUT2D eigenvalue weighted by atomic mass is 9.35. The first-order valence-corrected chi connectivity index (χ1v) is 17.6. The summed E-state index contributed by atoms with van der Waals surface area (Å²) in [4.78, 5) is 2.63. The maximum atomic E-state index is 2.63. The van der Waals surface area contributed by atoms with Gasteiger partial charge < -0.3 is 4.90 Å². The molecule has 0 bridgehead atoms. The lowest BCUT2D eigenvalue weighted by Gasteiger charge is -2.39. The third-order valence-corrected chi connectivity index (χ3v) is 11.5. The average Bonchev–Trinajstić information content (AvgIpc) is 3.56. The number of benzene rings is 5. The van der Waals surface area contributed by atoms with Crippen LogP contribution < -0.4 is 15.8 Å². The Hall–Kier alpha value is -4.04. The van der Waals surface area contributed by atoms with Crippen molar-refractivity contribution in [1.82, 2.24) is 0 Å². The molecule has 0 aromatic heterocycles. The first kappa shape index (κ1) is 28.2. The Kier molecular flexibility index (Phi) is 5.97. The molecule has 1 saturated carbocycles. The summed E-state index contributed by atoms with van der Waals surface area (Å²) in [6.45, 7) is 14.2. The zero-order valence-corrected chi connectivity index (χ0v) is 28.3. The van der Waals surface area contributed by atoms with Crippen molar-refractivity contribution in [2.45, 2.75) is 90.4 Å². The standard InChI is InChI=1S/C44H44BN/c1-43(2,3)30-18-21-32(22-19-30)46-37-26-31(44(4,5)6)20-23-36(37)45-41-35(24-29(25-38(41)46)27-12-8-7-9-13-27)40-33-16-10-14-28-15-11-17-34(39(28)33)42(40)45/h10-11,14-27H,7-9,12-13H2,1-6H3. The highest BCUT2D eigenvalue weighted by Crippen LogP contribution is 2.53. The number of hydrogen-bond donors (Lipinski definition) is 0. The smallest absolute Gasteiger partial charge is 0.249 e. The number of hydrogen-bond acceptors (Lipinski definition) is 1. The van der Waals surface area contributed by atoms with Crippen LogP contribution in [0.15, 0.2) is 91.0 Å². The van der Waals surface area contributed by atoms with Crippen LogP contribution >= 0.6 is 0 Å². The van der Waals surface area contributed by atoms with Crippen molar-refractivity contribution in [2.75, 3.05) is 4.90 Å². The first-order valence-electron chi connectivity index (χ1n) is 17.6. The topological polar surface area (TPSA) is 3.24 Å². The Morgan fingerprint density at radius 2 is 1.30 bits per heavy atom. The van der Waals surface area contributed by atoms with Crippen molar-refractivity contribution in [3.8, 4) is 0 Å². The predicted octanol–water partition coefficient (Wildman–Crippen LogP) is 10.7. The van der Waals surface area contributed by atoms with E-state index in [9.17, 15) is 0 Å². The Labute approximate surface area is 275 Å². The molecular formula is C44H44BN. The average molecular weight is 598 g/mol. The predicted molar refractivity (Wildman–Crippen MR) is 199 cm³/mol. The highest BCUT2D eigenvalue weighted by Gasteiger charge is 2.48. The van der Waals surface area contributed by atoms with Crippen LogP contribution in [0.25, 0.3) is 21.8 Å². The molecule has 0 amide bonds. The molecule has 2 heteroatoms. The van der Waals surface area contributed by atoms with Crippen LogP contribution in [0.2, 0.25) is 0 Å². The maximum Gasteiger partial charge on any atom is 0.249 e. The lowest BCUT2D eigenvalue weighted by molar-refractivity contribution is 0.443. The summed E-state index contributed by atoms with van der Waals surface area (Å²) in [6, 6.07) is 36.0. The molecule has 1 fully saturated rings. The molecule has 5 aromatic rings. The van der Waals surface area contributed by atoms with Gasteiger partial charge >= 0.3 is 0 Å². The molecule has 2 heterocycles. The minimum atomic E-state index is 0.0570. The second-order valence-corrected chi connectivity index (χ2v) is 16.4. The maximum absolute atomic E-state index is 2.63. The minimum absolute atomic E-state index is 0.0570. The van der Waals surface area contributed by atoms with Gasteiger partial charge in [-0.25, -0.2) is 0 Å². The van der Waals surface area contributed by atoms with Crippen molar-refractivity contribution in [2.24, 2.45) is 0 Å². The van der Waals surface area contributed by atoms with Crippen LogP contribution in [0.3, 0.4) is 0 Å². The first-order chi connectivity index (χ1) is 22.1. The van der Waals surface area contributed by atoms with E-state index in [0.717, 1.165) is 0 Å². The van der Waals surface area contributed by atoms with Crippen molar-refractivity contribution in [3.63, 3.8) is 0 Å². The quantitative estimate of drug-likeness (QED) is 0.183. The molecule has 9 rings (SSSR count). The summed E-state index contributed by atoms with van der Waals surface area (Å²) < 4.78 is 0. The van der Waals surface area contributed by atoms with Gasteiger partial charge in [0.05, 0.1) is 0 Å². The van der Waals surface area contributed by atoms with E-state index in [0.29, 0.717) is 5.92 Å². The lowest BCUT2D eigenvalue weighted by Crippen LogP contribution is -2.50. The molecule has 0 radical (unpaired) electrons. The minimum Gasteiger partial charge on any atom is -0.311 e. The molecule has 0 atom stereocenters. The molecule has 0 spiro atoms. The third kappa shape index (κ3) is 4.01. The molecule has 0 saturated heterocycles. The van der Waals surface area contributed by atoms with Crippen LogP contribution in [0.4, 0.5) is 17.1 Å². The number of rotatable bonds is 2. The molecule has 46 heavy (non-hydrogen) atoms.